The zero-order chi connectivity index (χ0) is 39.5. The number of nitrogens with zero attached hydrogens (tertiary/aromatic N) is 2. The van der Waals surface area contributed by atoms with E-state index in [0.717, 1.165) is 35.5 Å². The third-order valence-electron chi connectivity index (χ3n) is 10.9. The average molecular weight is 773 g/mol. The van der Waals surface area contributed by atoms with Gasteiger partial charge in [-0.3, -0.25) is 0 Å². The molecule has 0 aromatic heterocycles. The van der Waals surface area contributed by atoms with E-state index in [1.165, 1.54) is 0 Å². The van der Waals surface area contributed by atoms with Crippen LogP contribution in [0.1, 0.15) is 75.4 Å². The molecule has 2 heterocycles. The number of rotatable bonds is 17. The van der Waals surface area contributed by atoms with Gasteiger partial charge in [-0.1, -0.05) is 96.7 Å². The molecule has 2 aliphatic rings. The molecule has 0 N–H and O–H groups in total. The molecule has 0 spiro atoms. The maximum absolute atomic E-state index is 14.3. The van der Waals surface area contributed by atoms with Gasteiger partial charge >= 0.3 is 12.1 Å². The lowest BCUT2D eigenvalue weighted by molar-refractivity contribution is -0.0421. The SMILES string of the molecule is C=CCOc1ccc([C@@H]2[C@@H](OC(=O)c3ccc4c(c3)N(CCCOC)CCO4)CN(C(=O)OCc3ccccc3)C[C@H]2O[Si](C(C)C)(C(C)C)C(C)C)cc1. The maximum Gasteiger partial charge on any atom is 0.410 e. The van der Waals surface area contributed by atoms with Crippen LogP contribution in [0.25, 0.3) is 0 Å². The van der Waals surface area contributed by atoms with E-state index >= 15 is 0 Å². The second-order valence-corrected chi connectivity index (χ2v) is 20.8. The first-order valence-corrected chi connectivity index (χ1v) is 21.8. The Morgan fingerprint density at radius 1 is 0.927 bits per heavy atom. The minimum atomic E-state index is -2.51. The monoisotopic (exact) mass is 772 g/mol. The topological polar surface area (TPSA) is 96.0 Å². The van der Waals surface area contributed by atoms with Crippen LogP contribution in [0, 0.1) is 0 Å². The Bertz CT molecular complexity index is 1680. The van der Waals surface area contributed by atoms with Crippen LogP contribution in [0.5, 0.6) is 11.5 Å². The first kappa shape index (κ1) is 41.8. The number of piperidine rings is 1. The number of carbonyl (C=O) groups is 2. The van der Waals surface area contributed by atoms with E-state index in [0.29, 0.717) is 37.7 Å². The number of methoxy groups -OCH3 is 1. The van der Waals surface area contributed by atoms with Crippen molar-refractivity contribution < 1.29 is 37.7 Å². The first-order valence-electron chi connectivity index (χ1n) is 19.7. The van der Waals surface area contributed by atoms with E-state index in [9.17, 15) is 9.59 Å². The van der Waals surface area contributed by atoms with Crippen LogP contribution in [-0.2, 0) is 25.2 Å². The Balaban J connectivity index is 1.53. The van der Waals surface area contributed by atoms with E-state index in [-0.39, 0.29) is 42.2 Å². The van der Waals surface area contributed by atoms with Crippen molar-refractivity contribution in [1.29, 1.82) is 0 Å². The highest BCUT2D eigenvalue weighted by Crippen LogP contribution is 2.46. The van der Waals surface area contributed by atoms with Gasteiger partial charge in [0.25, 0.3) is 0 Å². The molecule has 1 amide bonds. The molecule has 3 aromatic rings. The van der Waals surface area contributed by atoms with E-state index in [4.69, 9.17) is 28.1 Å². The molecule has 0 saturated carbocycles. The zero-order valence-electron chi connectivity index (χ0n) is 33.7. The Labute approximate surface area is 328 Å². The molecular formula is C44H60N2O8Si. The van der Waals surface area contributed by atoms with Gasteiger partial charge in [-0.15, -0.1) is 0 Å². The van der Waals surface area contributed by atoms with Crippen molar-refractivity contribution in [2.24, 2.45) is 0 Å². The van der Waals surface area contributed by atoms with E-state index < -0.39 is 32.6 Å². The van der Waals surface area contributed by atoms with Gasteiger partial charge in [0.05, 0.1) is 30.4 Å². The molecule has 10 nitrogen and oxygen atoms in total. The highest BCUT2D eigenvalue weighted by Gasteiger charge is 2.51. The summed E-state index contributed by atoms with van der Waals surface area (Å²) in [4.78, 5) is 32.1. The molecule has 0 aliphatic carbocycles. The quantitative estimate of drug-likeness (QED) is 0.0577. The third-order valence-corrected chi connectivity index (χ3v) is 17.1. The normalized spacial score (nSPS) is 18.5. The minimum Gasteiger partial charge on any atom is -0.490 e. The van der Waals surface area contributed by atoms with Gasteiger partial charge in [-0.25, -0.2) is 9.59 Å². The molecule has 298 valence electrons. The van der Waals surface area contributed by atoms with Crippen LogP contribution in [-0.4, -0.2) is 90.6 Å². The van der Waals surface area contributed by atoms with Gasteiger partial charge in [-0.2, -0.15) is 0 Å². The number of hydrogen-bond acceptors (Lipinski definition) is 9. The van der Waals surface area contributed by atoms with Crippen molar-refractivity contribution in [3.05, 3.63) is 102 Å². The number of hydrogen-bond donors (Lipinski definition) is 0. The molecule has 1 fully saturated rings. The predicted molar refractivity (Wildman–Crippen MR) is 219 cm³/mol. The number of amides is 1. The predicted octanol–water partition coefficient (Wildman–Crippen LogP) is 9.01. The largest absolute Gasteiger partial charge is 0.490 e. The van der Waals surface area contributed by atoms with Gasteiger partial charge in [0.1, 0.15) is 37.4 Å². The molecule has 0 bridgehead atoms. The van der Waals surface area contributed by atoms with Crippen LogP contribution in [0.15, 0.2) is 85.5 Å². The van der Waals surface area contributed by atoms with Gasteiger partial charge in [0.15, 0.2) is 0 Å². The third kappa shape index (κ3) is 10.1. The molecule has 3 aromatic carbocycles. The van der Waals surface area contributed by atoms with Crippen LogP contribution in [0.2, 0.25) is 16.6 Å². The standard InChI is InChI=1S/C44H60N2O8Si/c1-9-24-50-37-19-16-35(17-20-37)42-40(53-43(47)36-18-21-39-38(27-36)45(23-26-51-39)22-13-25-49-8)28-46(44(48)52-30-34-14-11-10-12-15-34)29-41(42)54-55(31(2)3,32(4)5)33(6)7/h9-12,14-21,27,31-33,40-42H,1,13,22-26,28-30H2,2-8H3/t40-,41+,42+/m0/s1. The van der Waals surface area contributed by atoms with Crippen molar-refractivity contribution in [3.63, 3.8) is 0 Å². The molecule has 2 aliphatic heterocycles. The first-order chi connectivity index (χ1) is 26.5. The minimum absolute atomic E-state index is 0.127. The zero-order valence-corrected chi connectivity index (χ0v) is 34.7. The highest BCUT2D eigenvalue weighted by molar-refractivity contribution is 6.77. The molecule has 5 rings (SSSR count). The number of esters is 1. The van der Waals surface area contributed by atoms with Crippen molar-refractivity contribution in [2.75, 3.05) is 58.0 Å². The summed E-state index contributed by atoms with van der Waals surface area (Å²) in [5.41, 5.74) is 3.94. The molecule has 0 unspecified atom stereocenters. The summed E-state index contributed by atoms with van der Waals surface area (Å²) in [6.45, 7) is 20.9. The number of benzene rings is 3. The smallest absolute Gasteiger partial charge is 0.410 e. The van der Waals surface area contributed by atoms with Gasteiger partial charge in [-0.05, 0) is 64.5 Å². The summed E-state index contributed by atoms with van der Waals surface area (Å²) < 4.78 is 37.1. The summed E-state index contributed by atoms with van der Waals surface area (Å²) in [5.74, 6) is 0.570. The lowest BCUT2D eigenvalue weighted by Gasteiger charge is -2.50. The fourth-order valence-electron chi connectivity index (χ4n) is 8.43. The summed E-state index contributed by atoms with van der Waals surface area (Å²) in [6, 6.07) is 22.9. The number of likely N-dealkylation sites (tertiary alicyclic amines) is 1. The Kier molecular flexibility index (Phi) is 14.8. The van der Waals surface area contributed by atoms with Crippen LogP contribution in [0.3, 0.4) is 0 Å². The lowest BCUT2D eigenvalue weighted by Crippen LogP contribution is -2.60. The number of anilines is 1. The van der Waals surface area contributed by atoms with E-state index in [2.05, 4.69) is 53.0 Å². The summed E-state index contributed by atoms with van der Waals surface area (Å²) in [6.07, 6.45) is 0.840. The fourth-order valence-corrected chi connectivity index (χ4v) is 14.0. The van der Waals surface area contributed by atoms with Crippen molar-refractivity contribution >= 4 is 26.1 Å². The van der Waals surface area contributed by atoms with Crippen molar-refractivity contribution in [1.82, 2.24) is 4.90 Å². The lowest BCUT2D eigenvalue weighted by atomic mass is 9.84. The molecule has 55 heavy (non-hydrogen) atoms. The average Bonchev–Trinajstić information content (AvgIpc) is 3.18. The second-order valence-electron chi connectivity index (χ2n) is 15.4. The highest BCUT2D eigenvalue weighted by atomic mass is 28.4. The number of fused-ring (bicyclic) bond motifs is 1. The van der Waals surface area contributed by atoms with Crippen molar-refractivity contribution in [3.8, 4) is 11.5 Å². The molecule has 0 radical (unpaired) electrons. The fraction of sp³-hybridized carbons (Fsp3) is 0.500. The summed E-state index contributed by atoms with van der Waals surface area (Å²) >= 11 is 0. The van der Waals surface area contributed by atoms with Gasteiger partial charge < -0.3 is 37.9 Å². The Morgan fingerprint density at radius 2 is 1.62 bits per heavy atom. The molecule has 11 heteroatoms. The van der Waals surface area contributed by atoms with Crippen LogP contribution < -0.4 is 14.4 Å². The number of carbonyl (C=O) groups excluding carboxylic acids is 2. The molecule has 3 atom stereocenters. The van der Waals surface area contributed by atoms with Crippen LogP contribution in [0.4, 0.5) is 10.5 Å². The summed E-state index contributed by atoms with van der Waals surface area (Å²) in [7, 11) is -0.813. The van der Waals surface area contributed by atoms with E-state index in [1.54, 1.807) is 24.2 Å². The number of ether oxygens (including phenoxy) is 5. The Hall–Kier alpha value is -4.32. The van der Waals surface area contributed by atoms with Gasteiger partial charge in [0, 0.05) is 32.7 Å². The van der Waals surface area contributed by atoms with Gasteiger partial charge in [0.2, 0.25) is 8.32 Å². The second kappa shape index (κ2) is 19.5. The Morgan fingerprint density at radius 3 is 2.27 bits per heavy atom. The van der Waals surface area contributed by atoms with Crippen LogP contribution >= 0.6 is 0 Å². The summed E-state index contributed by atoms with van der Waals surface area (Å²) in [5, 5.41) is 0. The maximum atomic E-state index is 14.3. The van der Waals surface area contributed by atoms with Crippen molar-refractivity contribution in [2.45, 2.75) is 89.3 Å². The molecular weight excluding hydrogens is 713 g/mol. The van der Waals surface area contributed by atoms with E-state index in [1.807, 2.05) is 66.7 Å². The molecule has 1 saturated heterocycles.